The van der Waals surface area contributed by atoms with Crippen LogP contribution in [0.3, 0.4) is 0 Å². The summed E-state index contributed by atoms with van der Waals surface area (Å²) in [5.41, 5.74) is 1.74. The zero-order valence-corrected chi connectivity index (χ0v) is 12.4. The highest BCUT2D eigenvalue weighted by atomic mass is 16.2. The highest BCUT2D eigenvalue weighted by molar-refractivity contribution is 5.92. The number of hydrogen-bond donors (Lipinski definition) is 2. The van der Waals surface area contributed by atoms with Crippen molar-refractivity contribution in [2.45, 2.75) is 25.3 Å². The van der Waals surface area contributed by atoms with E-state index < -0.39 is 0 Å². The van der Waals surface area contributed by atoms with Gasteiger partial charge >= 0.3 is 0 Å². The number of carbonyl (C=O) groups excluding carboxylic acids is 1. The highest BCUT2D eigenvalue weighted by Gasteiger charge is 2.19. The first-order chi connectivity index (χ1) is 10.2. The quantitative estimate of drug-likeness (QED) is 0.858. The van der Waals surface area contributed by atoms with Crippen molar-refractivity contribution < 1.29 is 4.79 Å². The molecule has 5 heteroatoms. The molecule has 0 aromatic heterocycles. The Kier molecular flexibility index (Phi) is 5.73. The van der Waals surface area contributed by atoms with E-state index in [4.69, 9.17) is 5.26 Å². The van der Waals surface area contributed by atoms with E-state index in [1.807, 2.05) is 31.3 Å². The fourth-order valence-electron chi connectivity index (χ4n) is 2.60. The molecule has 0 radical (unpaired) electrons. The third-order valence-electron chi connectivity index (χ3n) is 3.85. The summed E-state index contributed by atoms with van der Waals surface area (Å²) in [6.07, 6.45) is 2.58. The minimum absolute atomic E-state index is 0.00376. The molecule has 112 valence electrons. The van der Waals surface area contributed by atoms with Crippen molar-refractivity contribution in [3.63, 3.8) is 0 Å². The molecule has 1 saturated heterocycles. The third kappa shape index (κ3) is 4.85. The Labute approximate surface area is 125 Å². The van der Waals surface area contributed by atoms with Gasteiger partial charge in [0.15, 0.2) is 0 Å². The van der Waals surface area contributed by atoms with Crippen LogP contribution in [0.4, 0.5) is 5.69 Å². The van der Waals surface area contributed by atoms with Gasteiger partial charge in [-0.3, -0.25) is 9.69 Å². The van der Waals surface area contributed by atoms with Crippen LogP contribution in [-0.4, -0.2) is 43.5 Å². The summed E-state index contributed by atoms with van der Waals surface area (Å²) in [4.78, 5) is 14.2. The SMILES string of the molecule is CN(CC(=O)Nc1ccc(CC#N)cc1)C1CCNCC1. The van der Waals surface area contributed by atoms with Gasteiger partial charge in [0.1, 0.15) is 0 Å². The van der Waals surface area contributed by atoms with Crippen molar-refractivity contribution in [1.82, 2.24) is 10.2 Å². The third-order valence-corrected chi connectivity index (χ3v) is 3.85. The predicted molar refractivity (Wildman–Crippen MR) is 82.9 cm³/mol. The Balaban J connectivity index is 1.82. The molecule has 0 aliphatic carbocycles. The molecule has 0 bridgehead atoms. The normalized spacial score (nSPS) is 15.7. The number of rotatable bonds is 5. The molecule has 1 aromatic rings. The summed E-state index contributed by atoms with van der Waals surface area (Å²) in [5, 5.41) is 14.9. The number of amides is 1. The molecule has 1 fully saturated rings. The standard InChI is InChI=1S/C16H22N4O/c1-20(15-7-10-18-11-8-15)12-16(21)19-14-4-2-13(3-5-14)6-9-17/h2-5,15,18H,6-8,10-12H2,1H3,(H,19,21). The second-order valence-corrected chi connectivity index (χ2v) is 5.48. The van der Waals surface area contributed by atoms with Gasteiger partial charge in [-0.1, -0.05) is 12.1 Å². The Hall–Kier alpha value is -1.90. The number of nitrogens with zero attached hydrogens (tertiary/aromatic N) is 2. The van der Waals surface area contributed by atoms with Crippen molar-refractivity contribution in [1.29, 1.82) is 5.26 Å². The van der Waals surface area contributed by atoms with Crippen LogP contribution in [0, 0.1) is 11.3 Å². The molecule has 0 unspecified atom stereocenters. The van der Waals surface area contributed by atoms with Gasteiger partial charge in [0.05, 0.1) is 19.0 Å². The zero-order valence-electron chi connectivity index (χ0n) is 12.4. The van der Waals surface area contributed by atoms with Crippen molar-refractivity contribution in [2.24, 2.45) is 0 Å². The number of likely N-dealkylation sites (N-methyl/N-ethyl adjacent to an activating group) is 1. The Morgan fingerprint density at radius 1 is 1.38 bits per heavy atom. The molecule has 21 heavy (non-hydrogen) atoms. The minimum atomic E-state index is 0.00376. The van der Waals surface area contributed by atoms with E-state index in [1.165, 1.54) is 0 Å². The molecule has 1 aliphatic rings. The fraction of sp³-hybridized carbons (Fsp3) is 0.500. The monoisotopic (exact) mass is 286 g/mol. The molecular weight excluding hydrogens is 264 g/mol. The van der Waals surface area contributed by atoms with Crippen molar-refractivity contribution in [2.75, 3.05) is 32.0 Å². The van der Waals surface area contributed by atoms with E-state index in [9.17, 15) is 4.79 Å². The van der Waals surface area contributed by atoms with Gasteiger partial charge in [-0.25, -0.2) is 0 Å². The maximum absolute atomic E-state index is 12.1. The van der Waals surface area contributed by atoms with E-state index in [0.717, 1.165) is 37.2 Å². The topological polar surface area (TPSA) is 68.2 Å². The smallest absolute Gasteiger partial charge is 0.238 e. The molecule has 0 spiro atoms. The Bertz CT molecular complexity index is 500. The summed E-state index contributed by atoms with van der Waals surface area (Å²) in [5.74, 6) is 0.00376. The number of hydrogen-bond acceptors (Lipinski definition) is 4. The van der Waals surface area contributed by atoms with E-state index in [-0.39, 0.29) is 5.91 Å². The van der Waals surface area contributed by atoms with Crippen molar-refractivity contribution in [3.05, 3.63) is 29.8 Å². The molecular formula is C16H22N4O. The van der Waals surface area contributed by atoms with Gasteiger partial charge in [0.25, 0.3) is 0 Å². The first-order valence-electron chi connectivity index (χ1n) is 7.36. The molecule has 1 aromatic carbocycles. The van der Waals surface area contributed by atoms with Crippen LogP contribution in [0.5, 0.6) is 0 Å². The van der Waals surface area contributed by atoms with Crippen LogP contribution in [0.2, 0.25) is 0 Å². The predicted octanol–water partition coefficient (Wildman–Crippen LogP) is 1.37. The van der Waals surface area contributed by atoms with Crippen LogP contribution < -0.4 is 10.6 Å². The van der Waals surface area contributed by atoms with Crippen LogP contribution in [-0.2, 0) is 11.2 Å². The molecule has 0 atom stereocenters. The lowest BCUT2D eigenvalue weighted by atomic mass is 10.1. The Morgan fingerprint density at radius 3 is 2.67 bits per heavy atom. The number of carbonyl (C=O) groups is 1. The van der Waals surface area contributed by atoms with Gasteiger partial charge in [0, 0.05) is 11.7 Å². The van der Waals surface area contributed by atoms with Gasteiger partial charge < -0.3 is 10.6 Å². The minimum Gasteiger partial charge on any atom is -0.325 e. The van der Waals surface area contributed by atoms with Gasteiger partial charge in [-0.05, 0) is 50.7 Å². The Morgan fingerprint density at radius 2 is 2.05 bits per heavy atom. The van der Waals surface area contributed by atoms with Crippen LogP contribution in [0.15, 0.2) is 24.3 Å². The molecule has 1 aliphatic heterocycles. The number of piperidine rings is 1. The molecule has 1 heterocycles. The van der Waals surface area contributed by atoms with Crippen LogP contribution in [0.1, 0.15) is 18.4 Å². The highest BCUT2D eigenvalue weighted by Crippen LogP contribution is 2.12. The molecule has 1 amide bonds. The summed E-state index contributed by atoms with van der Waals surface area (Å²) < 4.78 is 0. The van der Waals surface area contributed by atoms with Gasteiger partial charge in [-0.15, -0.1) is 0 Å². The molecule has 0 saturated carbocycles. The summed E-state index contributed by atoms with van der Waals surface area (Å²) >= 11 is 0. The molecule has 2 N–H and O–H groups in total. The van der Waals surface area contributed by atoms with Crippen molar-refractivity contribution in [3.8, 4) is 6.07 Å². The summed E-state index contributed by atoms with van der Waals surface area (Å²) in [7, 11) is 2.01. The van der Waals surface area contributed by atoms with E-state index in [2.05, 4.69) is 21.6 Å². The molecule has 2 rings (SSSR count). The number of anilines is 1. The maximum Gasteiger partial charge on any atom is 0.238 e. The second kappa shape index (κ2) is 7.77. The van der Waals surface area contributed by atoms with Crippen LogP contribution >= 0.6 is 0 Å². The van der Waals surface area contributed by atoms with E-state index in [1.54, 1.807) is 0 Å². The van der Waals surface area contributed by atoms with Crippen LogP contribution in [0.25, 0.3) is 0 Å². The second-order valence-electron chi connectivity index (χ2n) is 5.48. The maximum atomic E-state index is 12.1. The van der Waals surface area contributed by atoms with Crippen molar-refractivity contribution >= 4 is 11.6 Å². The van der Waals surface area contributed by atoms with Gasteiger partial charge in [0.2, 0.25) is 5.91 Å². The van der Waals surface area contributed by atoms with E-state index >= 15 is 0 Å². The van der Waals surface area contributed by atoms with Gasteiger partial charge in [-0.2, -0.15) is 5.26 Å². The first kappa shape index (κ1) is 15.5. The lowest BCUT2D eigenvalue weighted by molar-refractivity contribution is -0.117. The average Bonchev–Trinajstić information content (AvgIpc) is 2.50. The average molecular weight is 286 g/mol. The number of nitrogens with one attached hydrogen (secondary N) is 2. The lowest BCUT2D eigenvalue weighted by Gasteiger charge is -2.31. The lowest BCUT2D eigenvalue weighted by Crippen LogP contribution is -2.44. The largest absolute Gasteiger partial charge is 0.325 e. The number of benzene rings is 1. The first-order valence-corrected chi connectivity index (χ1v) is 7.36. The zero-order chi connectivity index (χ0) is 15.1. The summed E-state index contributed by atoms with van der Waals surface area (Å²) in [6.45, 7) is 2.46. The molecule has 5 nitrogen and oxygen atoms in total. The van der Waals surface area contributed by atoms with E-state index in [0.29, 0.717) is 19.0 Å². The summed E-state index contributed by atoms with van der Waals surface area (Å²) in [6, 6.07) is 10.0. The fourth-order valence-corrected chi connectivity index (χ4v) is 2.60. The number of nitriles is 1.